The number of rotatable bonds is 10. The third-order valence-electron chi connectivity index (χ3n) is 5.84. The number of carbonyl (C=O) groups excluding carboxylic acids is 1. The van der Waals surface area contributed by atoms with Gasteiger partial charge in [0.05, 0.1) is 17.8 Å². The molecule has 41 heavy (non-hydrogen) atoms. The second kappa shape index (κ2) is 12.2. The average molecular weight is 592 g/mol. The molecule has 0 aliphatic rings. The Kier molecular flexibility index (Phi) is 8.93. The molecule has 0 fully saturated rings. The number of H-pyrrole nitrogens is 1. The van der Waals surface area contributed by atoms with Gasteiger partial charge >= 0.3 is 6.18 Å². The Bertz CT molecular complexity index is 1540. The number of ether oxygens (including phenoxy) is 1. The SMILES string of the molecule is CC(C)(O)CCCOc1ccc(Cl)c(-c2ccnc(NC(=O)c3n[nH]c(Cc4cc(F)cc(C(F)(F)F)c4)n3)c2)c1. The number of benzene rings is 2. The number of alkyl halides is 3. The summed E-state index contributed by atoms with van der Waals surface area (Å²) < 4.78 is 58.5. The van der Waals surface area contributed by atoms with E-state index in [1.807, 2.05) is 0 Å². The van der Waals surface area contributed by atoms with Gasteiger partial charge in [0, 0.05) is 23.2 Å². The molecule has 0 saturated carbocycles. The summed E-state index contributed by atoms with van der Waals surface area (Å²) in [6.45, 7) is 3.87. The molecular weight excluding hydrogens is 566 g/mol. The predicted molar refractivity (Wildman–Crippen MR) is 144 cm³/mol. The first-order valence-electron chi connectivity index (χ1n) is 12.5. The van der Waals surface area contributed by atoms with Crippen molar-refractivity contribution in [2.24, 2.45) is 0 Å². The van der Waals surface area contributed by atoms with E-state index in [9.17, 15) is 27.5 Å². The minimum absolute atomic E-state index is 0.00938. The summed E-state index contributed by atoms with van der Waals surface area (Å²) in [5.74, 6) is -1.22. The van der Waals surface area contributed by atoms with Crippen LogP contribution in [0.3, 0.4) is 0 Å². The molecule has 0 radical (unpaired) electrons. The van der Waals surface area contributed by atoms with Gasteiger partial charge in [0.2, 0.25) is 5.82 Å². The number of nitrogens with zero attached hydrogens (tertiary/aromatic N) is 3. The lowest BCUT2D eigenvalue weighted by Gasteiger charge is -2.17. The summed E-state index contributed by atoms with van der Waals surface area (Å²) in [5.41, 5.74) is -0.613. The minimum Gasteiger partial charge on any atom is -0.494 e. The highest BCUT2D eigenvalue weighted by Gasteiger charge is 2.31. The molecule has 4 rings (SSSR count). The van der Waals surface area contributed by atoms with Crippen molar-refractivity contribution in [3.8, 4) is 16.9 Å². The van der Waals surface area contributed by atoms with Gasteiger partial charge in [0.15, 0.2) is 0 Å². The molecule has 0 bridgehead atoms. The van der Waals surface area contributed by atoms with Crippen molar-refractivity contribution in [2.75, 3.05) is 11.9 Å². The summed E-state index contributed by atoms with van der Waals surface area (Å²) in [6, 6.07) is 10.6. The predicted octanol–water partition coefficient (Wildman–Crippen LogP) is 6.45. The van der Waals surface area contributed by atoms with E-state index >= 15 is 0 Å². The van der Waals surface area contributed by atoms with Crippen LogP contribution < -0.4 is 10.1 Å². The zero-order chi connectivity index (χ0) is 29.8. The van der Waals surface area contributed by atoms with Gasteiger partial charge in [-0.25, -0.2) is 14.4 Å². The fourth-order valence-electron chi connectivity index (χ4n) is 3.93. The van der Waals surface area contributed by atoms with Crippen LogP contribution in [0.2, 0.25) is 5.02 Å². The number of hydrogen-bond acceptors (Lipinski definition) is 6. The standard InChI is InChI=1S/C28H26ClF4N5O3/c1-27(2,40)7-3-9-41-20-4-5-22(29)21(15-20)17-6-8-34-23(13-17)36-26(39)25-35-24(37-38-25)12-16-10-18(28(31,32)33)14-19(30)11-16/h4-6,8,10-11,13-15,40H,3,7,9,12H2,1-2H3,(H,34,36,39)(H,35,37,38). The highest BCUT2D eigenvalue weighted by Crippen LogP contribution is 2.33. The lowest BCUT2D eigenvalue weighted by molar-refractivity contribution is -0.137. The second-order valence-electron chi connectivity index (χ2n) is 9.92. The number of aromatic amines is 1. The number of hydrogen-bond donors (Lipinski definition) is 3. The minimum atomic E-state index is -4.71. The molecule has 2 aromatic heterocycles. The number of aromatic nitrogens is 4. The molecule has 3 N–H and O–H groups in total. The normalized spacial score (nSPS) is 11.9. The average Bonchev–Trinajstić information content (AvgIpc) is 3.35. The maximum Gasteiger partial charge on any atom is 0.416 e. The van der Waals surface area contributed by atoms with Crippen LogP contribution in [0.5, 0.6) is 5.75 Å². The number of carbonyl (C=O) groups is 1. The Hall–Kier alpha value is -4.03. The Balaban J connectivity index is 1.43. The Morgan fingerprint density at radius 1 is 1.12 bits per heavy atom. The highest BCUT2D eigenvalue weighted by atomic mass is 35.5. The molecule has 1 amide bonds. The van der Waals surface area contributed by atoms with Gasteiger partial charge in [-0.05, 0) is 86.3 Å². The van der Waals surface area contributed by atoms with Crippen molar-refractivity contribution in [3.63, 3.8) is 0 Å². The molecule has 0 atom stereocenters. The maximum atomic E-state index is 13.7. The van der Waals surface area contributed by atoms with E-state index in [-0.39, 0.29) is 29.5 Å². The van der Waals surface area contributed by atoms with Crippen LogP contribution in [0.25, 0.3) is 11.1 Å². The van der Waals surface area contributed by atoms with Gasteiger partial charge in [-0.15, -0.1) is 5.10 Å². The van der Waals surface area contributed by atoms with E-state index in [1.165, 1.54) is 6.20 Å². The maximum absolute atomic E-state index is 13.7. The van der Waals surface area contributed by atoms with Crippen molar-refractivity contribution in [1.29, 1.82) is 0 Å². The topological polar surface area (TPSA) is 113 Å². The molecule has 13 heteroatoms. The molecule has 4 aromatic rings. The van der Waals surface area contributed by atoms with Crippen molar-refractivity contribution >= 4 is 23.3 Å². The van der Waals surface area contributed by atoms with E-state index < -0.39 is 29.1 Å². The molecule has 0 spiro atoms. The van der Waals surface area contributed by atoms with Crippen molar-refractivity contribution in [1.82, 2.24) is 20.2 Å². The van der Waals surface area contributed by atoms with Gasteiger partial charge in [0.1, 0.15) is 23.2 Å². The van der Waals surface area contributed by atoms with E-state index in [2.05, 4.69) is 25.5 Å². The molecule has 0 aliphatic carbocycles. The zero-order valence-corrected chi connectivity index (χ0v) is 22.8. The fraction of sp³-hybridized carbons (Fsp3) is 0.286. The molecule has 8 nitrogen and oxygen atoms in total. The monoisotopic (exact) mass is 591 g/mol. The molecule has 0 unspecified atom stereocenters. The summed E-state index contributed by atoms with van der Waals surface area (Å²) in [6.07, 6.45) is -2.20. The molecular formula is C28H26ClF4N5O3. The first-order chi connectivity index (χ1) is 19.3. The van der Waals surface area contributed by atoms with Gasteiger partial charge < -0.3 is 15.2 Å². The smallest absolute Gasteiger partial charge is 0.416 e. The number of anilines is 1. The zero-order valence-electron chi connectivity index (χ0n) is 22.0. The van der Waals surface area contributed by atoms with Crippen molar-refractivity contribution in [3.05, 3.63) is 88.3 Å². The Morgan fingerprint density at radius 2 is 1.90 bits per heavy atom. The Morgan fingerprint density at radius 3 is 2.63 bits per heavy atom. The van der Waals surface area contributed by atoms with E-state index in [0.717, 1.165) is 12.1 Å². The summed E-state index contributed by atoms with van der Waals surface area (Å²) in [4.78, 5) is 20.9. The largest absolute Gasteiger partial charge is 0.494 e. The van der Waals surface area contributed by atoms with Crippen LogP contribution in [-0.4, -0.2) is 43.4 Å². The first kappa shape index (κ1) is 29.9. The molecule has 0 aliphatic heterocycles. The van der Waals surface area contributed by atoms with Crippen LogP contribution in [0, 0.1) is 5.82 Å². The van der Waals surface area contributed by atoms with Crippen LogP contribution in [-0.2, 0) is 12.6 Å². The number of pyridine rings is 1. The van der Waals surface area contributed by atoms with Crippen molar-refractivity contribution < 1.29 is 32.2 Å². The van der Waals surface area contributed by atoms with Crippen LogP contribution in [0.1, 0.15) is 54.3 Å². The second-order valence-corrected chi connectivity index (χ2v) is 10.3. The fourth-order valence-corrected chi connectivity index (χ4v) is 4.16. The van der Waals surface area contributed by atoms with Crippen LogP contribution >= 0.6 is 11.6 Å². The van der Waals surface area contributed by atoms with Gasteiger partial charge in [0.25, 0.3) is 5.91 Å². The number of aliphatic hydroxyl groups is 1. The van der Waals surface area contributed by atoms with Gasteiger partial charge in [-0.2, -0.15) is 13.2 Å². The Labute approximate surface area is 237 Å². The van der Waals surface area contributed by atoms with Crippen LogP contribution in [0.15, 0.2) is 54.7 Å². The first-order valence-corrected chi connectivity index (χ1v) is 12.8. The molecule has 0 saturated heterocycles. The highest BCUT2D eigenvalue weighted by molar-refractivity contribution is 6.33. The third-order valence-corrected chi connectivity index (χ3v) is 6.17. The quantitative estimate of drug-likeness (QED) is 0.144. The third kappa shape index (κ3) is 8.48. The van der Waals surface area contributed by atoms with Gasteiger partial charge in [-0.1, -0.05) is 11.6 Å². The summed E-state index contributed by atoms with van der Waals surface area (Å²) in [5, 5.41) is 19.2. The van der Waals surface area contributed by atoms with Crippen molar-refractivity contribution in [2.45, 2.75) is 44.9 Å². The lowest BCUT2D eigenvalue weighted by atomic mass is 10.0. The lowest BCUT2D eigenvalue weighted by Crippen LogP contribution is -2.19. The van der Waals surface area contributed by atoms with Crippen LogP contribution in [0.4, 0.5) is 23.4 Å². The van der Waals surface area contributed by atoms with E-state index in [1.54, 1.807) is 44.2 Å². The number of halogens is 5. The molecule has 216 valence electrons. The van der Waals surface area contributed by atoms with Gasteiger partial charge in [-0.3, -0.25) is 9.89 Å². The summed E-state index contributed by atoms with van der Waals surface area (Å²) >= 11 is 6.41. The van der Waals surface area contributed by atoms with E-state index in [0.29, 0.717) is 47.4 Å². The number of nitrogens with one attached hydrogen (secondary N) is 2. The number of amides is 1. The summed E-state index contributed by atoms with van der Waals surface area (Å²) in [7, 11) is 0. The molecule has 2 aromatic carbocycles. The van der Waals surface area contributed by atoms with E-state index in [4.69, 9.17) is 16.3 Å². The molecule has 2 heterocycles.